The van der Waals surface area contributed by atoms with Crippen molar-refractivity contribution in [3.8, 4) is 6.07 Å². The van der Waals surface area contributed by atoms with Crippen molar-refractivity contribution in [3.05, 3.63) is 57.6 Å². The molecule has 0 radical (unpaired) electrons. The van der Waals surface area contributed by atoms with Crippen molar-refractivity contribution in [1.82, 2.24) is 9.88 Å². The summed E-state index contributed by atoms with van der Waals surface area (Å²) in [4.78, 5) is 18.3. The van der Waals surface area contributed by atoms with Gasteiger partial charge in [-0.25, -0.2) is 4.98 Å². The average Bonchev–Trinajstić information content (AvgIpc) is 3.04. The van der Waals surface area contributed by atoms with Gasteiger partial charge in [-0.1, -0.05) is 24.3 Å². The number of carbonyl (C=O) groups is 1. The van der Waals surface area contributed by atoms with E-state index in [9.17, 15) is 10.1 Å². The van der Waals surface area contributed by atoms with Gasteiger partial charge >= 0.3 is 0 Å². The quantitative estimate of drug-likeness (QED) is 0.632. The summed E-state index contributed by atoms with van der Waals surface area (Å²) in [5.41, 5.74) is 2.58. The molecule has 3 rings (SSSR count). The molecular formula is C16H13N3OS. The summed E-state index contributed by atoms with van der Waals surface area (Å²) >= 11 is 1.41. The van der Waals surface area contributed by atoms with Gasteiger partial charge in [0.15, 0.2) is 0 Å². The van der Waals surface area contributed by atoms with E-state index in [1.54, 1.807) is 17.2 Å². The molecule has 4 nitrogen and oxygen atoms in total. The van der Waals surface area contributed by atoms with Gasteiger partial charge in [-0.05, 0) is 23.6 Å². The summed E-state index contributed by atoms with van der Waals surface area (Å²) < 4.78 is 0. The van der Waals surface area contributed by atoms with E-state index in [-0.39, 0.29) is 11.5 Å². The number of aromatic nitrogens is 1. The van der Waals surface area contributed by atoms with Crippen molar-refractivity contribution in [2.45, 2.75) is 13.0 Å². The Bertz CT molecular complexity index is 728. The van der Waals surface area contributed by atoms with E-state index in [1.165, 1.54) is 16.9 Å². The molecule has 1 amide bonds. The number of benzene rings is 1. The molecule has 5 heteroatoms. The van der Waals surface area contributed by atoms with E-state index < -0.39 is 0 Å². The van der Waals surface area contributed by atoms with E-state index in [4.69, 9.17) is 0 Å². The van der Waals surface area contributed by atoms with Crippen LogP contribution >= 0.6 is 11.3 Å². The van der Waals surface area contributed by atoms with Gasteiger partial charge < -0.3 is 4.90 Å². The number of thiazole rings is 1. The lowest BCUT2D eigenvalue weighted by Crippen LogP contribution is -2.36. The van der Waals surface area contributed by atoms with Crippen LogP contribution in [0.15, 0.2) is 41.4 Å². The number of nitriles is 1. The highest BCUT2D eigenvalue weighted by Crippen LogP contribution is 2.20. The van der Waals surface area contributed by atoms with Crippen LogP contribution in [-0.2, 0) is 17.8 Å². The van der Waals surface area contributed by atoms with Crippen LogP contribution in [0.25, 0.3) is 6.08 Å². The van der Waals surface area contributed by atoms with Crippen LogP contribution in [0.2, 0.25) is 0 Å². The summed E-state index contributed by atoms with van der Waals surface area (Å²) in [6, 6.07) is 10.1. The molecule has 2 aromatic rings. The second kappa shape index (κ2) is 5.90. The zero-order valence-electron chi connectivity index (χ0n) is 11.3. The maximum Gasteiger partial charge on any atom is 0.264 e. The zero-order valence-corrected chi connectivity index (χ0v) is 12.1. The fourth-order valence-corrected chi connectivity index (χ4v) is 2.98. The predicted molar refractivity (Wildman–Crippen MR) is 81.3 cm³/mol. The van der Waals surface area contributed by atoms with Crippen LogP contribution in [-0.4, -0.2) is 22.3 Å². The van der Waals surface area contributed by atoms with E-state index in [1.807, 2.05) is 29.6 Å². The average molecular weight is 295 g/mol. The molecule has 0 N–H and O–H groups in total. The van der Waals surface area contributed by atoms with Crippen molar-refractivity contribution in [2.75, 3.05) is 6.54 Å². The van der Waals surface area contributed by atoms with Crippen molar-refractivity contribution in [3.63, 3.8) is 0 Å². The number of nitrogens with zero attached hydrogens (tertiary/aromatic N) is 3. The fraction of sp³-hybridized carbons (Fsp3) is 0.188. The second-order valence-electron chi connectivity index (χ2n) is 4.79. The molecule has 1 aliphatic rings. The van der Waals surface area contributed by atoms with Gasteiger partial charge in [0, 0.05) is 24.7 Å². The number of hydrogen-bond donors (Lipinski definition) is 0. The Morgan fingerprint density at radius 3 is 2.90 bits per heavy atom. The van der Waals surface area contributed by atoms with Crippen molar-refractivity contribution in [2.24, 2.45) is 0 Å². The smallest absolute Gasteiger partial charge is 0.264 e. The Balaban J connectivity index is 1.81. The second-order valence-corrected chi connectivity index (χ2v) is 5.71. The fourth-order valence-electron chi connectivity index (χ4n) is 2.41. The first-order chi connectivity index (χ1) is 10.3. The Labute approximate surface area is 127 Å². The van der Waals surface area contributed by atoms with Gasteiger partial charge in [-0.2, -0.15) is 5.26 Å². The third-order valence-corrected chi connectivity index (χ3v) is 4.21. The lowest BCUT2D eigenvalue weighted by Gasteiger charge is -2.28. The number of amides is 1. The number of carbonyl (C=O) groups excluding carboxylic acids is 1. The van der Waals surface area contributed by atoms with E-state index >= 15 is 0 Å². The minimum Gasteiger partial charge on any atom is -0.333 e. The summed E-state index contributed by atoms with van der Waals surface area (Å²) in [5.74, 6) is -0.220. The molecule has 0 aliphatic carbocycles. The van der Waals surface area contributed by atoms with Crippen molar-refractivity contribution in [1.29, 1.82) is 5.26 Å². The van der Waals surface area contributed by atoms with E-state index in [0.29, 0.717) is 18.1 Å². The van der Waals surface area contributed by atoms with Gasteiger partial charge in [0.2, 0.25) is 0 Å². The molecule has 0 unspecified atom stereocenters. The molecular weight excluding hydrogens is 282 g/mol. The lowest BCUT2D eigenvalue weighted by molar-refractivity contribution is -0.127. The van der Waals surface area contributed by atoms with Gasteiger partial charge in [0.1, 0.15) is 16.6 Å². The maximum absolute atomic E-state index is 12.5. The molecule has 1 aliphatic heterocycles. The summed E-state index contributed by atoms with van der Waals surface area (Å²) in [6.07, 6.45) is 4.05. The minimum atomic E-state index is -0.220. The Kier molecular flexibility index (Phi) is 3.80. The molecule has 0 saturated heterocycles. The zero-order chi connectivity index (χ0) is 14.7. The van der Waals surface area contributed by atoms with Gasteiger partial charge in [0.25, 0.3) is 5.91 Å². The third-order valence-electron chi connectivity index (χ3n) is 3.49. The number of rotatable bonds is 2. The van der Waals surface area contributed by atoms with Crippen molar-refractivity contribution < 1.29 is 4.79 Å². The molecule has 1 aromatic carbocycles. The first-order valence-electron chi connectivity index (χ1n) is 6.65. The van der Waals surface area contributed by atoms with E-state index in [2.05, 4.69) is 11.1 Å². The summed E-state index contributed by atoms with van der Waals surface area (Å²) in [6.45, 7) is 1.21. The third kappa shape index (κ3) is 2.86. The Morgan fingerprint density at radius 1 is 1.38 bits per heavy atom. The SMILES string of the molecule is N#C/C(=C\c1nccs1)C(=O)N1CCc2ccccc2C1. The number of fused-ring (bicyclic) bond motifs is 1. The Morgan fingerprint density at radius 2 is 2.19 bits per heavy atom. The van der Waals surface area contributed by atoms with Gasteiger partial charge in [-0.15, -0.1) is 11.3 Å². The highest BCUT2D eigenvalue weighted by atomic mass is 32.1. The van der Waals surface area contributed by atoms with Crippen LogP contribution in [0.4, 0.5) is 0 Å². The highest BCUT2D eigenvalue weighted by Gasteiger charge is 2.23. The molecule has 21 heavy (non-hydrogen) atoms. The van der Waals surface area contributed by atoms with Crippen LogP contribution in [0.3, 0.4) is 0 Å². The first kappa shape index (κ1) is 13.5. The topological polar surface area (TPSA) is 57.0 Å². The molecule has 0 spiro atoms. The first-order valence-corrected chi connectivity index (χ1v) is 7.53. The predicted octanol–water partition coefficient (Wildman–Crippen LogP) is 2.63. The maximum atomic E-state index is 12.5. The van der Waals surface area contributed by atoms with Gasteiger partial charge in [0.05, 0.1) is 0 Å². The molecule has 0 bridgehead atoms. The van der Waals surface area contributed by atoms with Crippen LogP contribution in [0.1, 0.15) is 16.1 Å². The molecule has 1 aromatic heterocycles. The van der Waals surface area contributed by atoms with Crippen LogP contribution in [0, 0.1) is 11.3 Å². The Hall–Kier alpha value is -2.45. The highest BCUT2D eigenvalue weighted by molar-refractivity contribution is 7.10. The van der Waals surface area contributed by atoms with Gasteiger partial charge in [-0.3, -0.25) is 4.79 Å². The molecule has 0 atom stereocenters. The van der Waals surface area contributed by atoms with E-state index in [0.717, 1.165) is 12.0 Å². The molecule has 104 valence electrons. The minimum absolute atomic E-state index is 0.143. The van der Waals surface area contributed by atoms with Crippen LogP contribution in [0.5, 0.6) is 0 Å². The van der Waals surface area contributed by atoms with Crippen LogP contribution < -0.4 is 0 Å². The summed E-state index contributed by atoms with van der Waals surface area (Å²) in [7, 11) is 0. The molecule has 2 heterocycles. The molecule has 0 fully saturated rings. The summed E-state index contributed by atoms with van der Waals surface area (Å²) in [5, 5.41) is 11.7. The largest absolute Gasteiger partial charge is 0.333 e. The van der Waals surface area contributed by atoms with Crippen molar-refractivity contribution >= 4 is 23.3 Å². The lowest BCUT2D eigenvalue weighted by atomic mass is 9.99. The normalized spacial score (nSPS) is 14.4. The monoisotopic (exact) mass is 295 g/mol. The standard InChI is InChI=1S/C16H13N3OS/c17-10-14(9-15-18-6-8-21-15)16(20)19-7-5-12-3-1-2-4-13(12)11-19/h1-4,6,8-9H,5,7,11H2/b14-9+. The molecule has 0 saturated carbocycles. The number of hydrogen-bond acceptors (Lipinski definition) is 4.